The number of fused-ring (bicyclic) bond motifs is 1. The summed E-state index contributed by atoms with van der Waals surface area (Å²) in [4.78, 5) is 9.71. The predicted octanol–water partition coefficient (Wildman–Crippen LogP) is 6.12. The van der Waals surface area contributed by atoms with E-state index in [0.717, 1.165) is 63.8 Å². The minimum Gasteiger partial charge on any atom is -0.277 e. The van der Waals surface area contributed by atoms with Crippen molar-refractivity contribution in [2.75, 3.05) is 7.05 Å². The van der Waals surface area contributed by atoms with Gasteiger partial charge in [-0.05, 0) is 66.9 Å². The van der Waals surface area contributed by atoms with E-state index in [9.17, 15) is 12.8 Å². The van der Waals surface area contributed by atoms with Crippen LogP contribution in [-0.4, -0.2) is 46.0 Å². The van der Waals surface area contributed by atoms with E-state index in [2.05, 4.69) is 20.2 Å². The molecular formula is C27H24FN5O2S2. The Morgan fingerprint density at radius 1 is 1.00 bits per heavy atom. The monoisotopic (exact) mass is 533 g/mol. The van der Waals surface area contributed by atoms with Crippen LogP contribution >= 0.6 is 11.3 Å². The Morgan fingerprint density at radius 3 is 2.54 bits per heavy atom. The number of halogens is 1. The third kappa shape index (κ3) is 4.35. The lowest BCUT2D eigenvalue weighted by atomic mass is 9.99. The van der Waals surface area contributed by atoms with Crippen molar-refractivity contribution in [3.05, 3.63) is 72.9 Å². The van der Waals surface area contributed by atoms with Gasteiger partial charge in [0.25, 0.3) is 10.0 Å². The molecule has 37 heavy (non-hydrogen) atoms. The maximum Gasteiger partial charge on any atom is 0.252 e. The number of hydrogen-bond donors (Lipinski definition) is 1. The number of benzene rings is 2. The fraction of sp³-hybridized carbons (Fsp3) is 0.222. The van der Waals surface area contributed by atoms with E-state index in [4.69, 9.17) is 0 Å². The quantitative estimate of drug-likeness (QED) is 0.284. The first-order valence-corrected chi connectivity index (χ1v) is 14.3. The van der Waals surface area contributed by atoms with E-state index in [-0.39, 0.29) is 11.9 Å². The summed E-state index contributed by atoms with van der Waals surface area (Å²) in [7, 11) is -1.90. The number of hydrogen-bond acceptors (Lipinski definition) is 6. The van der Waals surface area contributed by atoms with Gasteiger partial charge in [0.2, 0.25) is 0 Å². The van der Waals surface area contributed by atoms with Crippen LogP contribution in [0.5, 0.6) is 0 Å². The number of sulfonamides is 1. The van der Waals surface area contributed by atoms with E-state index >= 15 is 0 Å². The zero-order valence-corrected chi connectivity index (χ0v) is 21.7. The van der Waals surface area contributed by atoms with Gasteiger partial charge in [-0.15, -0.1) is 11.3 Å². The fourth-order valence-corrected chi connectivity index (χ4v) is 7.87. The molecule has 0 spiro atoms. The third-order valence-corrected chi connectivity index (χ3v) is 10.5. The van der Waals surface area contributed by atoms with Crippen LogP contribution in [0.1, 0.15) is 25.7 Å². The second-order valence-electron chi connectivity index (χ2n) is 9.20. The van der Waals surface area contributed by atoms with Crippen LogP contribution in [0.15, 0.2) is 71.3 Å². The highest BCUT2D eigenvalue weighted by Gasteiger charge is 2.31. The zero-order valence-electron chi connectivity index (χ0n) is 20.1. The van der Waals surface area contributed by atoms with Crippen molar-refractivity contribution in [2.45, 2.75) is 35.9 Å². The largest absolute Gasteiger partial charge is 0.277 e. The molecule has 3 heterocycles. The topological polar surface area (TPSA) is 91.8 Å². The summed E-state index contributed by atoms with van der Waals surface area (Å²) in [5.74, 6) is -0.302. The van der Waals surface area contributed by atoms with Gasteiger partial charge in [0.05, 0.1) is 28.0 Å². The summed E-state index contributed by atoms with van der Waals surface area (Å²) in [6, 6.07) is 15.6. The minimum absolute atomic E-state index is 0.0586. The van der Waals surface area contributed by atoms with E-state index in [1.165, 1.54) is 34.1 Å². The van der Waals surface area contributed by atoms with E-state index in [0.29, 0.717) is 9.90 Å². The third-order valence-electron chi connectivity index (χ3n) is 7.01. The van der Waals surface area contributed by atoms with Crippen molar-refractivity contribution in [3.63, 3.8) is 0 Å². The molecule has 188 valence electrons. The Kier molecular flexibility index (Phi) is 6.10. The molecule has 1 aliphatic carbocycles. The van der Waals surface area contributed by atoms with Crippen molar-refractivity contribution in [1.29, 1.82) is 0 Å². The molecule has 10 heteroatoms. The molecule has 6 rings (SSSR count). The summed E-state index contributed by atoms with van der Waals surface area (Å²) in [6.07, 6.45) is 7.17. The number of aromatic amines is 1. The Bertz CT molecular complexity index is 1690. The van der Waals surface area contributed by atoms with Crippen LogP contribution in [0.4, 0.5) is 4.39 Å². The smallest absolute Gasteiger partial charge is 0.252 e. The second-order valence-corrected chi connectivity index (χ2v) is 12.5. The number of nitrogens with zero attached hydrogens (tertiary/aromatic N) is 4. The molecule has 1 fully saturated rings. The highest BCUT2D eigenvalue weighted by atomic mass is 32.2. The number of aromatic nitrogens is 4. The van der Waals surface area contributed by atoms with Crippen LogP contribution in [0.2, 0.25) is 0 Å². The molecule has 5 aromatic rings. The molecule has 0 unspecified atom stereocenters. The Labute approximate surface area is 218 Å². The molecule has 2 aromatic carbocycles. The SMILES string of the molecule is CN(C1CCCC1)S(=O)(=O)c1ccc(-c2ncnc3ccc(-c4cn[nH]c4-c4ccc(F)cc4)cc23)s1. The number of rotatable bonds is 6. The molecule has 3 aromatic heterocycles. The Balaban J connectivity index is 1.39. The number of nitrogens with one attached hydrogen (secondary N) is 1. The lowest BCUT2D eigenvalue weighted by Crippen LogP contribution is -2.34. The molecule has 0 aliphatic heterocycles. The van der Waals surface area contributed by atoms with Crippen LogP contribution < -0.4 is 0 Å². The minimum atomic E-state index is -3.58. The van der Waals surface area contributed by atoms with Crippen molar-refractivity contribution in [2.24, 2.45) is 0 Å². The first-order valence-electron chi connectivity index (χ1n) is 12.0. The Hall–Kier alpha value is -3.47. The first kappa shape index (κ1) is 23.9. The molecule has 0 radical (unpaired) electrons. The van der Waals surface area contributed by atoms with Crippen molar-refractivity contribution in [1.82, 2.24) is 24.5 Å². The highest BCUT2D eigenvalue weighted by molar-refractivity contribution is 7.91. The Morgan fingerprint density at radius 2 is 1.76 bits per heavy atom. The molecule has 0 atom stereocenters. The maximum atomic E-state index is 13.5. The average molecular weight is 534 g/mol. The van der Waals surface area contributed by atoms with Gasteiger partial charge < -0.3 is 0 Å². The molecular weight excluding hydrogens is 509 g/mol. The first-order chi connectivity index (χ1) is 17.9. The van der Waals surface area contributed by atoms with Gasteiger partial charge in [-0.1, -0.05) is 18.9 Å². The van der Waals surface area contributed by atoms with E-state index in [1.54, 1.807) is 31.4 Å². The van der Waals surface area contributed by atoms with Gasteiger partial charge in [-0.3, -0.25) is 5.10 Å². The fourth-order valence-electron chi connectivity index (χ4n) is 4.95. The van der Waals surface area contributed by atoms with Crippen LogP contribution in [0.3, 0.4) is 0 Å². The van der Waals surface area contributed by atoms with E-state index in [1.807, 2.05) is 24.3 Å². The molecule has 0 saturated heterocycles. The molecule has 7 nitrogen and oxygen atoms in total. The molecule has 0 amide bonds. The second kappa shape index (κ2) is 9.44. The van der Waals surface area contributed by atoms with Crippen LogP contribution in [0, 0.1) is 5.82 Å². The standard InChI is InChI=1S/C27H24FN5O2S2/c1-33(20-4-2-3-5-20)37(34,35)25-13-12-24(36-25)27-21-14-18(8-11-23(21)29-16-30-27)22-15-31-32-26(22)17-6-9-19(28)10-7-17/h6-16,20H,2-5H2,1H3,(H,31,32). The predicted molar refractivity (Wildman–Crippen MR) is 143 cm³/mol. The zero-order chi connectivity index (χ0) is 25.6. The van der Waals surface area contributed by atoms with Gasteiger partial charge in [0, 0.05) is 29.6 Å². The van der Waals surface area contributed by atoms with Crippen LogP contribution in [0.25, 0.3) is 43.9 Å². The average Bonchev–Trinajstić information content (AvgIpc) is 3.70. The molecule has 0 bridgehead atoms. The van der Waals surface area contributed by atoms with E-state index < -0.39 is 10.0 Å². The summed E-state index contributed by atoms with van der Waals surface area (Å²) in [5, 5.41) is 8.04. The van der Waals surface area contributed by atoms with Gasteiger partial charge in [-0.2, -0.15) is 9.40 Å². The summed E-state index contributed by atoms with van der Waals surface area (Å²) in [5.41, 5.74) is 4.77. The molecule has 1 aliphatic rings. The summed E-state index contributed by atoms with van der Waals surface area (Å²) >= 11 is 1.23. The number of thiophene rings is 1. The van der Waals surface area contributed by atoms with Gasteiger partial charge >= 0.3 is 0 Å². The lowest BCUT2D eigenvalue weighted by molar-refractivity contribution is 0.374. The number of H-pyrrole nitrogens is 1. The van der Waals surface area contributed by atoms with Gasteiger partial charge in [0.15, 0.2) is 0 Å². The highest BCUT2D eigenvalue weighted by Crippen LogP contribution is 2.38. The van der Waals surface area contributed by atoms with Crippen molar-refractivity contribution < 1.29 is 12.8 Å². The summed E-state index contributed by atoms with van der Waals surface area (Å²) in [6.45, 7) is 0. The summed E-state index contributed by atoms with van der Waals surface area (Å²) < 4.78 is 41.9. The van der Waals surface area contributed by atoms with Crippen molar-refractivity contribution in [3.8, 4) is 33.0 Å². The van der Waals surface area contributed by atoms with Gasteiger partial charge in [0.1, 0.15) is 16.4 Å². The molecule has 1 N–H and O–H groups in total. The van der Waals surface area contributed by atoms with Gasteiger partial charge in [-0.25, -0.2) is 22.8 Å². The maximum absolute atomic E-state index is 13.5. The lowest BCUT2D eigenvalue weighted by Gasteiger charge is -2.22. The van der Waals surface area contributed by atoms with Crippen LogP contribution in [-0.2, 0) is 10.0 Å². The normalized spacial score (nSPS) is 14.7. The molecule has 1 saturated carbocycles. The van der Waals surface area contributed by atoms with Crippen molar-refractivity contribution >= 4 is 32.3 Å².